The molecule has 0 fully saturated rings. The van der Waals surface area contributed by atoms with Crippen LogP contribution in [-0.2, 0) is 4.74 Å². The van der Waals surface area contributed by atoms with E-state index in [1.807, 2.05) is 13.8 Å². The van der Waals surface area contributed by atoms with Crippen LogP contribution in [0.2, 0.25) is 0 Å². The summed E-state index contributed by atoms with van der Waals surface area (Å²) >= 11 is 0. The Bertz CT molecular complexity index is 157. The van der Waals surface area contributed by atoms with Gasteiger partial charge >= 0.3 is 0 Å². The quantitative estimate of drug-likeness (QED) is 0.444. The first kappa shape index (κ1) is 15.7. The molecular formula is C13H26O. The molecule has 0 aliphatic carbocycles. The zero-order chi connectivity index (χ0) is 11.4. The summed E-state index contributed by atoms with van der Waals surface area (Å²) in [6, 6.07) is 0. The van der Waals surface area contributed by atoms with E-state index in [4.69, 9.17) is 4.74 Å². The summed E-state index contributed by atoms with van der Waals surface area (Å²) in [7, 11) is 0. The van der Waals surface area contributed by atoms with Gasteiger partial charge in [0.2, 0.25) is 0 Å². The highest BCUT2D eigenvalue weighted by molar-refractivity contribution is 5.16. The zero-order valence-electron chi connectivity index (χ0n) is 10.5. The molecule has 0 aliphatic heterocycles. The molecular weight excluding hydrogens is 172 g/mol. The molecule has 84 valence electrons. The van der Waals surface area contributed by atoms with Gasteiger partial charge in [0.15, 0.2) is 0 Å². The van der Waals surface area contributed by atoms with Gasteiger partial charge in [-0.15, -0.1) is 0 Å². The minimum atomic E-state index is 0.794. The van der Waals surface area contributed by atoms with Crippen molar-refractivity contribution in [2.75, 3.05) is 6.61 Å². The van der Waals surface area contributed by atoms with Crippen molar-refractivity contribution in [3.05, 3.63) is 24.0 Å². The van der Waals surface area contributed by atoms with E-state index < -0.39 is 0 Å². The number of allylic oxidation sites excluding steroid dienone is 2. The molecule has 0 aromatic rings. The van der Waals surface area contributed by atoms with E-state index in [0.717, 1.165) is 25.2 Å². The minimum absolute atomic E-state index is 0.794. The predicted octanol–water partition coefficient (Wildman–Crippen LogP) is 4.70. The fourth-order valence-electron chi connectivity index (χ4n) is 1.07. The van der Waals surface area contributed by atoms with Gasteiger partial charge in [-0.1, -0.05) is 40.7 Å². The van der Waals surface area contributed by atoms with Gasteiger partial charge in [-0.05, 0) is 31.4 Å². The molecule has 1 nitrogen and oxygen atoms in total. The first-order valence-corrected chi connectivity index (χ1v) is 5.71. The van der Waals surface area contributed by atoms with E-state index in [9.17, 15) is 0 Å². The Morgan fingerprint density at radius 1 is 1.21 bits per heavy atom. The lowest BCUT2D eigenvalue weighted by atomic mass is 10.1. The fraction of sp³-hybridized carbons (Fsp3) is 0.692. The number of hydrogen-bond acceptors (Lipinski definition) is 1. The second kappa shape index (κ2) is 12.3. The number of rotatable bonds is 6. The largest absolute Gasteiger partial charge is 0.494 e. The molecule has 0 saturated carbocycles. The molecule has 1 heteroatoms. The van der Waals surface area contributed by atoms with Crippen LogP contribution in [-0.4, -0.2) is 6.61 Å². The minimum Gasteiger partial charge on any atom is -0.494 e. The van der Waals surface area contributed by atoms with Crippen molar-refractivity contribution < 1.29 is 4.74 Å². The number of ether oxygens (including phenoxy) is 1. The van der Waals surface area contributed by atoms with E-state index in [0.29, 0.717) is 0 Å². The Balaban J connectivity index is 0. The van der Waals surface area contributed by atoms with Crippen LogP contribution in [0, 0.1) is 0 Å². The Morgan fingerprint density at radius 3 is 2.14 bits per heavy atom. The van der Waals surface area contributed by atoms with Crippen LogP contribution in [0.5, 0.6) is 0 Å². The summed E-state index contributed by atoms with van der Waals surface area (Å²) in [5, 5.41) is 0. The van der Waals surface area contributed by atoms with Gasteiger partial charge in [0.1, 0.15) is 5.76 Å². The van der Waals surface area contributed by atoms with Gasteiger partial charge in [-0.2, -0.15) is 0 Å². The first-order chi connectivity index (χ1) is 6.76. The maximum absolute atomic E-state index is 5.52. The first-order valence-electron chi connectivity index (χ1n) is 5.71. The van der Waals surface area contributed by atoms with Crippen molar-refractivity contribution in [2.24, 2.45) is 0 Å². The average Bonchev–Trinajstić information content (AvgIpc) is 2.22. The van der Waals surface area contributed by atoms with Gasteiger partial charge in [0.05, 0.1) is 6.61 Å². The Kier molecular flexibility index (Phi) is 13.8. The molecule has 0 saturated heterocycles. The van der Waals surface area contributed by atoms with E-state index in [1.165, 1.54) is 12.0 Å². The third-order valence-corrected chi connectivity index (χ3v) is 1.69. The lowest BCUT2D eigenvalue weighted by Gasteiger charge is -2.08. The standard InChI is InChI=1S/C11H20O.C2H6/c1-5-8-10(4)11(7-3)12-9-6-2;1-2/h7H,3,5-6,8-9H2,1-2,4H3;1-2H3/b11-10+;. The molecule has 0 aromatic heterocycles. The van der Waals surface area contributed by atoms with E-state index in [2.05, 4.69) is 27.4 Å². The summed E-state index contributed by atoms with van der Waals surface area (Å²) in [6.07, 6.45) is 5.13. The van der Waals surface area contributed by atoms with Crippen molar-refractivity contribution in [2.45, 2.75) is 53.9 Å². The van der Waals surface area contributed by atoms with E-state index in [-0.39, 0.29) is 0 Å². The molecule has 14 heavy (non-hydrogen) atoms. The van der Waals surface area contributed by atoms with Gasteiger partial charge in [0.25, 0.3) is 0 Å². The van der Waals surface area contributed by atoms with Crippen LogP contribution < -0.4 is 0 Å². The molecule has 0 bridgehead atoms. The predicted molar refractivity (Wildman–Crippen MR) is 65.4 cm³/mol. The van der Waals surface area contributed by atoms with Crippen molar-refractivity contribution in [1.29, 1.82) is 0 Å². The summed E-state index contributed by atoms with van der Waals surface area (Å²) in [5.74, 6) is 0.971. The Labute approximate surface area is 89.9 Å². The third kappa shape index (κ3) is 7.90. The molecule has 0 aliphatic rings. The summed E-state index contributed by atoms with van der Waals surface area (Å²) < 4.78 is 5.52. The van der Waals surface area contributed by atoms with Gasteiger partial charge in [0, 0.05) is 0 Å². The SMILES string of the molecule is C=C/C(OCCC)=C(/C)CCC.CC. The summed E-state index contributed by atoms with van der Waals surface area (Å²) in [5.41, 5.74) is 1.31. The van der Waals surface area contributed by atoms with E-state index >= 15 is 0 Å². The van der Waals surface area contributed by atoms with E-state index in [1.54, 1.807) is 6.08 Å². The molecule has 0 amide bonds. The second-order valence-electron chi connectivity index (χ2n) is 2.95. The Hall–Kier alpha value is -0.720. The van der Waals surface area contributed by atoms with Crippen molar-refractivity contribution in [3.8, 4) is 0 Å². The average molecular weight is 198 g/mol. The molecule has 0 N–H and O–H groups in total. The van der Waals surface area contributed by atoms with Crippen molar-refractivity contribution in [1.82, 2.24) is 0 Å². The van der Waals surface area contributed by atoms with Crippen molar-refractivity contribution in [3.63, 3.8) is 0 Å². The monoisotopic (exact) mass is 198 g/mol. The highest BCUT2D eigenvalue weighted by atomic mass is 16.5. The normalized spacial score (nSPS) is 10.9. The smallest absolute Gasteiger partial charge is 0.117 e. The van der Waals surface area contributed by atoms with Crippen LogP contribution in [0.4, 0.5) is 0 Å². The van der Waals surface area contributed by atoms with Crippen molar-refractivity contribution >= 4 is 0 Å². The summed E-state index contributed by atoms with van der Waals surface area (Å²) in [4.78, 5) is 0. The maximum atomic E-state index is 5.52. The molecule has 0 unspecified atom stereocenters. The summed E-state index contributed by atoms with van der Waals surface area (Å²) in [6.45, 7) is 14.9. The molecule has 0 aromatic carbocycles. The molecule has 0 heterocycles. The lowest BCUT2D eigenvalue weighted by molar-refractivity contribution is 0.220. The molecule has 0 atom stereocenters. The topological polar surface area (TPSA) is 9.23 Å². The fourth-order valence-corrected chi connectivity index (χ4v) is 1.07. The van der Waals surface area contributed by atoms with Crippen LogP contribution in [0.15, 0.2) is 24.0 Å². The molecule has 0 spiro atoms. The third-order valence-electron chi connectivity index (χ3n) is 1.69. The number of hydrogen-bond donors (Lipinski definition) is 0. The molecule has 0 rings (SSSR count). The van der Waals surface area contributed by atoms with Crippen LogP contribution >= 0.6 is 0 Å². The maximum Gasteiger partial charge on any atom is 0.117 e. The van der Waals surface area contributed by atoms with Crippen LogP contribution in [0.25, 0.3) is 0 Å². The van der Waals surface area contributed by atoms with Crippen LogP contribution in [0.1, 0.15) is 53.9 Å². The lowest BCUT2D eigenvalue weighted by Crippen LogP contribution is -1.94. The molecule has 0 radical (unpaired) electrons. The second-order valence-corrected chi connectivity index (χ2v) is 2.95. The highest BCUT2D eigenvalue weighted by Crippen LogP contribution is 2.12. The van der Waals surface area contributed by atoms with Gasteiger partial charge in [-0.25, -0.2) is 0 Å². The zero-order valence-corrected chi connectivity index (χ0v) is 10.5. The van der Waals surface area contributed by atoms with Gasteiger partial charge < -0.3 is 4.74 Å². The van der Waals surface area contributed by atoms with Gasteiger partial charge in [-0.3, -0.25) is 0 Å². The van der Waals surface area contributed by atoms with Crippen LogP contribution in [0.3, 0.4) is 0 Å². The highest BCUT2D eigenvalue weighted by Gasteiger charge is 1.97. The Morgan fingerprint density at radius 2 is 1.79 bits per heavy atom.